The van der Waals surface area contributed by atoms with Crippen molar-refractivity contribution in [3.63, 3.8) is 0 Å². The fraction of sp³-hybridized carbons (Fsp3) is 0.476. The molecule has 2 atom stereocenters. The first-order valence-electron chi connectivity index (χ1n) is 19.8. The van der Waals surface area contributed by atoms with Crippen molar-refractivity contribution in [1.82, 2.24) is 15.2 Å². The Morgan fingerprint density at radius 3 is 2.27 bits per heavy atom. The van der Waals surface area contributed by atoms with Gasteiger partial charge in [-0.3, -0.25) is 29.4 Å². The first-order valence-corrected chi connectivity index (χ1v) is 20.1. The van der Waals surface area contributed by atoms with Crippen LogP contribution in [0.4, 0.5) is 22.9 Å². The van der Waals surface area contributed by atoms with Gasteiger partial charge in [-0.15, -0.1) is 0 Å². The number of rotatable bonds is 7. The maximum absolute atomic E-state index is 13.3. The van der Waals surface area contributed by atoms with E-state index in [0.717, 1.165) is 86.9 Å². The molecule has 1 N–H and O–H groups in total. The molecule has 6 aliphatic rings. The molecule has 5 saturated heterocycles. The third-order valence-corrected chi connectivity index (χ3v) is 13.2. The molecular weight excluding hydrogens is 732 g/mol. The number of anilines is 4. The van der Waals surface area contributed by atoms with E-state index in [1.54, 1.807) is 12.1 Å². The maximum Gasteiger partial charge on any atom is 0.262 e. The fourth-order valence-electron chi connectivity index (χ4n) is 9.68. The monoisotopic (exact) mass is 776 g/mol. The Balaban J connectivity index is 0.725. The van der Waals surface area contributed by atoms with Crippen LogP contribution in [0.3, 0.4) is 0 Å². The van der Waals surface area contributed by atoms with Gasteiger partial charge in [0.25, 0.3) is 11.8 Å². The Morgan fingerprint density at radius 2 is 1.57 bits per heavy atom. The number of hydrogen-bond acceptors (Lipinski definition) is 11. The number of nitriles is 1. The molecular formula is C42H45ClN8O5. The predicted octanol–water partition coefficient (Wildman–Crippen LogP) is 4.77. The van der Waals surface area contributed by atoms with Crippen molar-refractivity contribution in [2.75, 3.05) is 65.4 Å². The number of halogens is 1. The second-order valence-corrected chi connectivity index (χ2v) is 16.8. The fourth-order valence-corrected chi connectivity index (χ4v) is 9.89. The van der Waals surface area contributed by atoms with Crippen molar-refractivity contribution < 1.29 is 23.9 Å². The average molecular weight is 777 g/mol. The van der Waals surface area contributed by atoms with Gasteiger partial charge in [0, 0.05) is 69.7 Å². The molecule has 2 aromatic carbocycles. The van der Waals surface area contributed by atoms with Gasteiger partial charge in [0.2, 0.25) is 11.8 Å². The van der Waals surface area contributed by atoms with E-state index in [4.69, 9.17) is 21.3 Å². The molecule has 1 aromatic heterocycles. The smallest absolute Gasteiger partial charge is 0.262 e. The molecule has 4 amide bonds. The predicted molar refractivity (Wildman–Crippen MR) is 211 cm³/mol. The summed E-state index contributed by atoms with van der Waals surface area (Å²) in [5.74, 6) is -0.996. The third kappa shape index (κ3) is 6.62. The van der Waals surface area contributed by atoms with Crippen LogP contribution in [-0.2, 0) is 14.3 Å². The van der Waals surface area contributed by atoms with Crippen LogP contribution in [0.25, 0.3) is 0 Å². The number of piperidine rings is 3. The van der Waals surface area contributed by atoms with Crippen LogP contribution in [-0.4, -0.2) is 104 Å². The molecule has 56 heavy (non-hydrogen) atoms. The first-order chi connectivity index (χ1) is 27.1. The van der Waals surface area contributed by atoms with Gasteiger partial charge in [-0.1, -0.05) is 11.6 Å². The summed E-state index contributed by atoms with van der Waals surface area (Å²) in [5, 5.41) is 12.0. The highest BCUT2D eigenvalue weighted by Gasteiger charge is 2.46. The van der Waals surface area contributed by atoms with Crippen LogP contribution in [0.1, 0.15) is 78.1 Å². The normalized spacial score (nSPS) is 24.1. The molecule has 0 saturated carbocycles. The number of pyridine rings is 1. The lowest BCUT2D eigenvalue weighted by Gasteiger charge is -2.43. The molecule has 14 heteroatoms. The Kier molecular flexibility index (Phi) is 9.37. The highest BCUT2D eigenvalue weighted by molar-refractivity contribution is 6.32. The van der Waals surface area contributed by atoms with E-state index in [2.05, 4.69) is 50.0 Å². The van der Waals surface area contributed by atoms with E-state index in [1.807, 2.05) is 30.5 Å². The number of nitrogens with one attached hydrogen (secondary N) is 1. The summed E-state index contributed by atoms with van der Waals surface area (Å²) in [7, 11) is 0. The SMILES string of the molecule is C[C@H]1CC2(CCN(c3ccc(N4CCC(OC5CN(c6ccc7c(c6)C(=O)N(C6CCC(=O)NC6=O)C7=O)C5)CC4)nc3)CC2)CN1c1ccc(C#N)c(Cl)c1. The first kappa shape index (κ1) is 36.4. The van der Waals surface area contributed by atoms with Crippen LogP contribution in [0.5, 0.6) is 0 Å². The number of carbonyl (C=O) groups is 4. The number of fused-ring (bicyclic) bond motifs is 1. The zero-order valence-corrected chi connectivity index (χ0v) is 32.2. The number of benzene rings is 2. The standard InChI is InChI=1S/C42H45ClN8O5/c1-26-20-42(25-50(26)29-3-2-27(21-44)35(43)19-29)12-16-47(17-13-42)30-5-8-37(45-22-30)48-14-10-31(11-15-48)56-32-23-49(24-32)28-4-6-33-34(18-28)41(55)51(40(33)54)36-7-9-38(52)46-39(36)53/h2-6,8,18-19,22,26,31-32,36H,7,9-17,20,23-25H2,1H3,(H,46,52,53)/t26-,36?/m0/s1. The number of ether oxygens (including phenoxy) is 1. The summed E-state index contributed by atoms with van der Waals surface area (Å²) in [4.78, 5) is 65.6. The maximum atomic E-state index is 13.3. The minimum Gasteiger partial charge on any atom is -0.371 e. The van der Waals surface area contributed by atoms with Gasteiger partial charge in [-0.2, -0.15) is 5.26 Å². The number of hydrogen-bond donors (Lipinski definition) is 1. The lowest BCUT2D eigenvalue weighted by Crippen LogP contribution is -2.54. The third-order valence-electron chi connectivity index (χ3n) is 12.9. The van der Waals surface area contributed by atoms with Gasteiger partial charge in [0.05, 0.1) is 45.8 Å². The van der Waals surface area contributed by atoms with Crippen molar-refractivity contribution in [1.29, 1.82) is 5.26 Å². The number of imide groups is 2. The summed E-state index contributed by atoms with van der Waals surface area (Å²) in [6, 6.07) is 17.0. The Morgan fingerprint density at radius 1 is 0.839 bits per heavy atom. The molecule has 0 aliphatic carbocycles. The van der Waals surface area contributed by atoms with E-state index >= 15 is 0 Å². The van der Waals surface area contributed by atoms with E-state index in [9.17, 15) is 24.4 Å². The van der Waals surface area contributed by atoms with Crippen molar-refractivity contribution in [2.24, 2.45) is 5.41 Å². The van der Waals surface area contributed by atoms with Gasteiger partial charge >= 0.3 is 0 Å². The molecule has 13 nitrogen and oxygen atoms in total. The van der Waals surface area contributed by atoms with E-state index < -0.39 is 29.7 Å². The summed E-state index contributed by atoms with van der Waals surface area (Å²) in [5.41, 5.74) is 4.48. The molecule has 3 aromatic rings. The van der Waals surface area contributed by atoms with Crippen LogP contribution < -0.4 is 24.9 Å². The molecule has 0 radical (unpaired) electrons. The minimum atomic E-state index is -0.974. The Bertz CT molecular complexity index is 2120. The van der Waals surface area contributed by atoms with Crippen molar-refractivity contribution >= 4 is 58.1 Å². The molecule has 5 fully saturated rings. The second kappa shape index (κ2) is 14.4. The summed E-state index contributed by atoms with van der Waals surface area (Å²) >= 11 is 6.38. The number of nitrogens with zero attached hydrogens (tertiary/aromatic N) is 7. The van der Waals surface area contributed by atoms with Gasteiger partial charge in [-0.05, 0) is 99.4 Å². The highest BCUT2D eigenvalue weighted by atomic mass is 35.5. The Hall–Kier alpha value is -5.19. The highest BCUT2D eigenvalue weighted by Crippen LogP contribution is 2.46. The van der Waals surface area contributed by atoms with Crippen LogP contribution in [0, 0.1) is 16.7 Å². The molecule has 1 unspecified atom stereocenters. The molecule has 0 bridgehead atoms. The minimum absolute atomic E-state index is 0.0863. The lowest BCUT2D eigenvalue weighted by atomic mass is 9.76. The van der Waals surface area contributed by atoms with Crippen molar-refractivity contribution in [3.05, 3.63) is 76.4 Å². The van der Waals surface area contributed by atoms with Crippen LogP contribution >= 0.6 is 11.6 Å². The molecule has 1 spiro atoms. The second-order valence-electron chi connectivity index (χ2n) is 16.3. The van der Waals surface area contributed by atoms with Gasteiger partial charge in [0.15, 0.2) is 0 Å². The molecule has 6 aliphatic heterocycles. The average Bonchev–Trinajstić information content (AvgIpc) is 3.64. The molecule has 290 valence electrons. The van der Waals surface area contributed by atoms with E-state index in [0.29, 0.717) is 35.3 Å². The van der Waals surface area contributed by atoms with Crippen molar-refractivity contribution in [2.45, 2.75) is 76.2 Å². The number of carbonyl (C=O) groups excluding carboxylic acids is 4. The zero-order valence-electron chi connectivity index (χ0n) is 31.5. The van der Waals surface area contributed by atoms with Gasteiger partial charge < -0.3 is 24.3 Å². The van der Waals surface area contributed by atoms with E-state index in [1.165, 1.54) is 5.69 Å². The van der Waals surface area contributed by atoms with Crippen LogP contribution in [0.2, 0.25) is 5.02 Å². The van der Waals surface area contributed by atoms with Crippen molar-refractivity contribution in [3.8, 4) is 6.07 Å². The summed E-state index contributed by atoms with van der Waals surface area (Å²) in [6.07, 6.45) is 7.76. The van der Waals surface area contributed by atoms with Crippen LogP contribution in [0.15, 0.2) is 54.7 Å². The molecule has 9 rings (SSSR count). The summed E-state index contributed by atoms with van der Waals surface area (Å²) < 4.78 is 6.48. The van der Waals surface area contributed by atoms with Gasteiger partial charge in [0.1, 0.15) is 17.9 Å². The largest absolute Gasteiger partial charge is 0.371 e. The molecule has 7 heterocycles. The summed E-state index contributed by atoms with van der Waals surface area (Å²) in [6.45, 7) is 8.46. The number of aromatic nitrogens is 1. The zero-order chi connectivity index (χ0) is 38.7. The quantitative estimate of drug-likeness (QED) is 0.332. The lowest BCUT2D eigenvalue weighted by molar-refractivity contribution is -0.136. The number of amides is 4. The topological polar surface area (TPSA) is 142 Å². The van der Waals surface area contributed by atoms with E-state index in [-0.39, 0.29) is 36.0 Å². The van der Waals surface area contributed by atoms with Gasteiger partial charge in [-0.25, -0.2) is 4.98 Å². The Labute approximate surface area is 331 Å².